The van der Waals surface area contributed by atoms with Crippen LogP contribution >= 0.6 is 0 Å². The molecule has 1 heterocycles. The molecule has 4 nitrogen and oxygen atoms in total. The van der Waals surface area contributed by atoms with E-state index >= 15 is 0 Å². The average Bonchev–Trinajstić information content (AvgIpc) is 2.85. The molecule has 0 unspecified atom stereocenters. The first-order valence-electron chi connectivity index (χ1n) is 5.87. The Morgan fingerprint density at radius 1 is 1.37 bits per heavy atom. The van der Waals surface area contributed by atoms with Crippen molar-refractivity contribution in [2.45, 2.75) is 19.5 Å². The van der Waals surface area contributed by atoms with E-state index in [0.717, 1.165) is 0 Å². The van der Waals surface area contributed by atoms with Crippen LogP contribution < -0.4 is 5.32 Å². The normalized spacial score (nSPS) is 12.3. The number of carboxylic acid groups (broad SMARTS) is 1. The van der Waals surface area contributed by atoms with Gasteiger partial charge in [0.15, 0.2) is 0 Å². The van der Waals surface area contributed by atoms with Gasteiger partial charge in [0.2, 0.25) is 5.76 Å². The summed E-state index contributed by atoms with van der Waals surface area (Å²) in [5, 5.41) is 11.8. The summed E-state index contributed by atoms with van der Waals surface area (Å²) in [5.74, 6) is -0.975. The van der Waals surface area contributed by atoms with Crippen molar-refractivity contribution in [3.05, 3.63) is 59.3 Å². The standard InChI is InChI=1S/C14H14FNO3/c1-9(11-4-2-3-5-12(11)15)16-8-10-6-7-13(19-10)14(17)18/h2-7,9,16H,8H2,1H3,(H,17,18)/t9-/m1/s1. The van der Waals surface area contributed by atoms with E-state index in [-0.39, 0.29) is 17.6 Å². The zero-order chi connectivity index (χ0) is 13.8. The quantitative estimate of drug-likeness (QED) is 0.870. The van der Waals surface area contributed by atoms with Gasteiger partial charge in [0, 0.05) is 11.6 Å². The number of aromatic carboxylic acids is 1. The predicted octanol–water partition coefficient (Wildman–Crippen LogP) is 2.97. The number of hydrogen-bond acceptors (Lipinski definition) is 3. The van der Waals surface area contributed by atoms with Crippen LogP contribution in [0, 0.1) is 5.82 Å². The third-order valence-electron chi connectivity index (χ3n) is 2.83. The van der Waals surface area contributed by atoms with Crippen molar-refractivity contribution in [1.29, 1.82) is 0 Å². The highest BCUT2D eigenvalue weighted by atomic mass is 19.1. The first kappa shape index (κ1) is 13.3. The Bertz CT molecular complexity index is 580. The van der Waals surface area contributed by atoms with Gasteiger partial charge in [-0.2, -0.15) is 0 Å². The molecule has 0 bridgehead atoms. The third kappa shape index (κ3) is 3.20. The van der Waals surface area contributed by atoms with E-state index < -0.39 is 5.97 Å². The lowest BCUT2D eigenvalue weighted by atomic mass is 10.1. The van der Waals surface area contributed by atoms with Crippen LogP contribution in [0.15, 0.2) is 40.8 Å². The number of halogens is 1. The summed E-state index contributed by atoms with van der Waals surface area (Å²) < 4.78 is 18.6. The maximum absolute atomic E-state index is 13.5. The molecule has 0 aliphatic heterocycles. The van der Waals surface area contributed by atoms with Crippen LogP contribution in [0.5, 0.6) is 0 Å². The molecule has 2 rings (SSSR count). The van der Waals surface area contributed by atoms with Crippen molar-refractivity contribution < 1.29 is 18.7 Å². The first-order chi connectivity index (χ1) is 9.08. The van der Waals surface area contributed by atoms with Gasteiger partial charge in [-0.15, -0.1) is 0 Å². The van der Waals surface area contributed by atoms with Crippen molar-refractivity contribution >= 4 is 5.97 Å². The summed E-state index contributed by atoms with van der Waals surface area (Å²) in [6.07, 6.45) is 0. The summed E-state index contributed by atoms with van der Waals surface area (Å²) in [5.41, 5.74) is 0.563. The Hall–Kier alpha value is -2.14. The highest BCUT2D eigenvalue weighted by Gasteiger charge is 2.12. The molecule has 0 saturated carbocycles. The van der Waals surface area contributed by atoms with Gasteiger partial charge in [0.1, 0.15) is 11.6 Å². The van der Waals surface area contributed by atoms with Crippen LogP contribution in [0.1, 0.15) is 34.8 Å². The summed E-state index contributed by atoms with van der Waals surface area (Å²) in [7, 11) is 0. The fraction of sp³-hybridized carbons (Fsp3) is 0.214. The minimum Gasteiger partial charge on any atom is -0.475 e. The van der Waals surface area contributed by atoms with Crippen molar-refractivity contribution in [3.8, 4) is 0 Å². The Labute approximate surface area is 109 Å². The van der Waals surface area contributed by atoms with Crippen molar-refractivity contribution in [2.24, 2.45) is 0 Å². The molecule has 0 aliphatic carbocycles. The highest BCUT2D eigenvalue weighted by Crippen LogP contribution is 2.17. The molecule has 0 spiro atoms. The van der Waals surface area contributed by atoms with Crippen LogP contribution in [-0.4, -0.2) is 11.1 Å². The van der Waals surface area contributed by atoms with Crippen LogP contribution in [0.4, 0.5) is 4.39 Å². The highest BCUT2D eigenvalue weighted by molar-refractivity contribution is 5.84. The second-order valence-electron chi connectivity index (χ2n) is 4.20. The molecule has 0 aliphatic rings. The molecule has 2 N–H and O–H groups in total. The monoisotopic (exact) mass is 263 g/mol. The van der Waals surface area contributed by atoms with Gasteiger partial charge < -0.3 is 14.8 Å². The van der Waals surface area contributed by atoms with E-state index in [1.807, 2.05) is 6.92 Å². The molecule has 0 saturated heterocycles. The number of carbonyl (C=O) groups is 1. The SMILES string of the molecule is C[C@@H](NCc1ccc(C(=O)O)o1)c1ccccc1F. The lowest BCUT2D eigenvalue weighted by molar-refractivity contribution is 0.0660. The zero-order valence-corrected chi connectivity index (χ0v) is 10.4. The fourth-order valence-electron chi connectivity index (χ4n) is 1.78. The van der Waals surface area contributed by atoms with Crippen LogP contribution in [0.2, 0.25) is 0 Å². The number of carboxylic acids is 1. The molecule has 0 fully saturated rings. The molecular weight excluding hydrogens is 249 g/mol. The summed E-state index contributed by atoms with van der Waals surface area (Å²) >= 11 is 0. The Balaban J connectivity index is 1.98. The largest absolute Gasteiger partial charge is 0.475 e. The molecule has 1 atom stereocenters. The van der Waals surface area contributed by atoms with E-state index in [9.17, 15) is 9.18 Å². The lowest BCUT2D eigenvalue weighted by Gasteiger charge is -2.13. The molecule has 2 aromatic rings. The van der Waals surface area contributed by atoms with E-state index in [1.165, 1.54) is 12.1 Å². The number of benzene rings is 1. The van der Waals surface area contributed by atoms with E-state index in [1.54, 1.807) is 24.3 Å². The van der Waals surface area contributed by atoms with Gasteiger partial charge in [0.05, 0.1) is 6.54 Å². The average molecular weight is 263 g/mol. The predicted molar refractivity (Wildman–Crippen MR) is 67.3 cm³/mol. The maximum atomic E-state index is 13.5. The molecule has 100 valence electrons. The molecular formula is C14H14FNO3. The van der Waals surface area contributed by atoms with Crippen LogP contribution in [-0.2, 0) is 6.54 Å². The van der Waals surface area contributed by atoms with Crippen molar-refractivity contribution in [3.63, 3.8) is 0 Å². The van der Waals surface area contributed by atoms with Gasteiger partial charge >= 0.3 is 5.97 Å². The minimum absolute atomic E-state index is 0.102. The molecule has 0 amide bonds. The Kier molecular flexibility index (Phi) is 3.97. The van der Waals surface area contributed by atoms with Crippen LogP contribution in [0.25, 0.3) is 0 Å². The minimum atomic E-state index is -1.10. The smallest absolute Gasteiger partial charge is 0.371 e. The topological polar surface area (TPSA) is 62.5 Å². The van der Waals surface area contributed by atoms with Crippen molar-refractivity contribution in [2.75, 3.05) is 0 Å². The maximum Gasteiger partial charge on any atom is 0.371 e. The number of nitrogens with one attached hydrogen (secondary N) is 1. The fourth-order valence-corrected chi connectivity index (χ4v) is 1.78. The Morgan fingerprint density at radius 2 is 2.11 bits per heavy atom. The number of rotatable bonds is 5. The molecule has 1 aromatic carbocycles. The van der Waals surface area contributed by atoms with Gasteiger partial charge in [-0.1, -0.05) is 18.2 Å². The Morgan fingerprint density at radius 3 is 2.74 bits per heavy atom. The molecule has 19 heavy (non-hydrogen) atoms. The second kappa shape index (κ2) is 5.67. The van der Waals surface area contributed by atoms with Gasteiger partial charge in [-0.25, -0.2) is 9.18 Å². The van der Waals surface area contributed by atoms with Crippen molar-refractivity contribution in [1.82, 2.24) is 5.32 Å². The van der Waals surface area contributed by atoms with E-state index in [2.05, 4.69) is 5.32 Å². The second-order valence-corrected chi connectivity index (χ2v) is 4.20. The van der Waals surface area contributed by atoms with E-state index in [4.69, 9.17) is 9.52 Å². The number of furan rings is 1. The zero-order valence-electron chi connectivity index (χ0n) is 10.4. The van der Waals surface area contributed by atoms with Gasteiger partial charge in [0.25, 0.3) is 0 Å². The van der Waals surface area contributed by atoms with Gasteiger partial charge in [-0.3, -0.25) is 0 Å². The van der Waals surface area contributed by atoms with Crippen LogP contribution in [0.3, 0.4) is 0 Å². The molecule has 0 radical (unpaired) electrons. The lowest BCUT2D eigenvalue weighted by Crippen LogP contribution is -2.18. The molecule has 5 heteroatoms. The summed E-state index contributed by atoms with van der Waals surface area (Å²) in [6.45, 7) is 2.17. The van der Waals surface area contributed by atoms with E-state index in [0.29, 0.717) is 17.9 Å². The van der Waals surface area contributed by atoms with Gasteiger partial charge in [-0.05, 0) is 25.1 Å². The number of hydrogen-bond donors (Lipinski definition) is 2. The first-order valence-corrected chi connectivity index (χ1v) is 5.87. The summed E-state index contributed by atoms with van der Waals surface area (Å²) in [4.78, 5) is 10.7. The third-order valence-corrected chi connectivity index (χ3v) is 2.83. The molecule has 1 aromatic heterocycles. The summed E-state index contributed by atoms with van der Waals surface area (Å²) in [6, 6.07) is 9.31.